The van der Waals surface area contributed by atoms with Crippen LogP contribution in [-0.4, -0.2) is 41.4 Å². The van der Waals surface area contributed by atoms with Gasteiger partial charge in [0.2, 0.25) is 5.91 Å². The lowest BCUT2D eigenvalue weighted by molar-refractivity contribution is -0.384. The van der Waals surface area contributed by atoms with Crippen LogP contribution in [0.5, 0.6) is 0 Å². The number of carbonyl (C=O) groups is 1. The van der Waals surface area contributed by atoms with Gasteiger partial charge in [-0.3, -0.25) is 19.8 Å². The summed E-state index contributed by atoms with van der Waals surface area (Å²) < 4.78 is 0. The number of rotatable bonds is 4. The molecule has 20 heavy (non-hydrogen) atoms. The van der Waals surface area contributed by atoms with Crippen molar-refractivity contribution in [1.29, 1.82) is 0 Å². The van der Waals surface area contributed by atoms with Gasteiger partial charge in [0.15, 0.2) is 0 Å². The molecule has 0 radical (unpaired) electrons. The average Bonchev–Trinajstić information content (AvgIpc) is 2.41. The Hall–Kier alpha value is -1.70. The molecule has 1 aliphatic rings. The van der Waals surface area contributed by atoms with E-state index in [9.17, 15) is 14.9 Å². The largest absolute Gasteiger partial charge is 0.368 e. The molecule has 0 aliphatic carbocycles. The predicted octanol–water partition coefficient (Wildman–Crippen LogP) is 0.507. The number of piperazine rings is 1. The minimum Gasteiger partial charge on any atom is -0.368 e. The third-order valence-electron chi connectivity index (χ3n) is 3.28. The summed E-state index contributed by atoms with van der Waals surface area (Å²) in [5, 5.41) is 14.1. The van der Waals surface area contributed by atoms with Crippen molar-refractivity contribution in [2.75, 3.05) is 19.6 Å². The summed E-state index contributed by atoms with van der Waals surface area (Å²) in [5.74, 6) is -0.402. The van der Waals surface area contributed by atoms with Crippen molar-refractivity contribution in [2.45, 2.75) is 12.6 Å². The molecule has 3 N–H and O–H groups in total. The molecular formula is C12H15ClN4O3. The Bertz CT molecular complexity index is 537. The maximum atomic E-state index is 11.4. The Kier molecular flexibility index (Phi) is 4.53. The number of hydrogen-bond donors (Lipinski definition) is 2. The Morgan fingerprint density at radius 3 is 3.00 bits per heavy atom. The van der Waals surface area contributed by atoms with Crippen LogP contribution in [0.2, 0.25) is 5.02 Å². The van der Waals surface area contributed by atoms with Crippen LogP contribution in [0.25, 0.3) is 0 Å². The number of amides is 1. The number of carbonyl (C=O) groups excluding carboxylic acids is 1. The maximum Gasteiger partial charge on any atom is 0.288 e. The Morgan fingerprint density at radius 2 is 2.35 bits per heavy atom. The summed E-state index contributed by atoms with van der Waals surface area (Å²) >= 11 is 5.77. The fraction of sp³-hybridized carbons (Fsp3) is 0.417. The summed E-state index contributed by atoms with van der Waals surface area (Å²) in [4.78, 5) is 23.6. The topological polar surface area (TPSA) is 102 Å². The molecule has 1 heterocycles. The molecule has 1 aromatic rings. The molecule has 1 unspecified atom stereocenters. The first kappa shape index (κ1) is 14.7. The van der Waals surface area contributed by atoms with Crippen molar-refractivity contribution in [3.63, 3.8) is 0 Å². The molecule has 0 bridgehead atoms. The summed E-state index contributed by atoms with van der Waals surface area (Å²) in [5.41, 5.74) is 5.96. The highest BCUT2D eigenvalue weighted by atomic mass is 35.5. The zero-order chi connectivity index (χ0) is 14.7. The van der Waals surface area contributed by atoms with Crippen LogP contribution in [0.4, 0.5) is 5.69 Å². The minimum absolute atomic E-state index is 0.102. The molecule has 1 amide bonds. The van der Waals surface area contributed by atoms with Crippen molar-refractivity contribution < 1.29 is 9.72 Å². The van der Waals surface area contributed by atoms with E-state index in [0.717, 1.165) is 12.1 Å². The highest BCUT2D eigenvalue weighted by Gasteiger charge is 2.27. The zero-order valence-electron chi connectivity index (χ0n) is 10.7. The molecule has 0 spiro atoms. The molecule has 1 aliphatic heterocycles. The van der Waals surface area contributed by atoms with E-state index >= 15 is 0 Å². The fourth-order valence-electron chi connectivity index (χ4n) is 2.25. The van der Waals surface area contributed by atoms with Gasteiger partial charge < -0.3 is 11.1 Å². The Labute approximate surface area is 120 Å². The third kappa shape index (κ3) is 3.24. The van der Waals surface area contributed by atoms with E-state index in [1.807, 2.05) is 4.90 Å². The summed E-state index contributed by atoms with van der Waals surface area (Å²) in [7, 11) is 0. The van der Waals surface area contributed by atoms with Gasteiger partial charge in [0.25, 0.3) is 5.69 Å². The second-order valence-corrected chi connectivity index (χ2v) is 5.04. The molecule has 0 aromatic heterocycles. The van der Waals surface area contributed by atoms with Crippen LogP contribution < -0.4 is 11.1 Å². The van der Waals surface area contributed by atoms with Crippen molar-refractivity contribution >= 4 is 23.2 Å². The second-order valence-electron chi connectivity index (χ2n) is 4.64. The number of nitrogens with one attached hydrogen (secondary N) is 1. The number of primary amides is 1. The molecular weight excluding hydrogens is 284 g/mol. The predicted molar refractivity (Wildman–Crippen MR) is 74.4 cm³/mol. The second kappa shape index (κ2) is 6.17. The Morgan fingerprint density at radius 1 is 1.60 bits per heavy atom. The van der Waals surface area contributed by atoms with Crippen LogP contribution in [-0.2, 0) is 11.3 Å². The van der Waals surface area contributed by atoms with Gasteiger partial charge in [0.1, 0.15) is 11.1 Å². The van der Waals surface area contributed by atoms with Crippen LogP contribution in [0.1, 0.15) is 5.56 Å². The number of nitro groups is 1. The number of nitrogens with two attached hydrogens (primary N) is 1. The molecule has 1 atom stereocenters. The van der Waals surface area contributed by atoms with Crippen molar-refractivity contribution in [3.8, 4) is 0 Å². The monoisotopic (exact) mass is 298 g/mol. The van der Waals surface area contributed by atoms with Crippen molar-refractivity contribution in [3.05, 3.63) is 38.9 Å². The standard InChI is InChI=1S/C12H15ClN4O3/c13-9-2-1-8(5-10(9)17(19)20)7-16-4-3-15-6-11(16)12(14)18/h1-2,5,11,15H,3-4,6-7H2,(H2,14,18). The normalized spacial score (nSPS) is 19.8. The average molecular weight is 299 g/mol. The quantitative estimate of drug-likeness (QED) is 0.623. The highest BCUT2D eigenvalue weighted by molar-refractivity contribution is 6.32. The van der Waals surface area contributed by atoms with Crippen LogP contribution >= 0.6 is 11.6 Å². The first-order chi connectivity index (χ1) is 9.49. The van der Waals surface area contributed by atoms with Crippen molar-refractivity contribution in [1.82, 2.24) is 10.2 Å². The smallest absolute Gasteiger partial charge is 0.288 e. The number of nitro benzene ring substituents is 1. The Balaban J connectivity index is 2.18. The molecule has 8 heteroatoms. The lowest BCUT2D eigenvalue weighted by atomic mass is 10.1. The molecule has 7 nitrogen and oxygen atoms in total. The molecule has 2 rings (SSSR count). The number of hydrogen-bond acceptors (Lipinski definition) is 5. The summed E-state index contributed by atoms with van der Waals surface area (Å²) in [6.45, 7) is 2.32. The van der Waals surface area contributed by atoms with E-state index in [0.29, 0.717) is 19.6 Å². The molecule has 1 aromatic carbocycles. The number of halogens is 1. The first-order valence-electron chi connectivity index (χ1n) is 6.16. The number of nitrogens with zero attached hydrogens (tertiary/aromatic N) is 2. The zero-order valence-corrected chi connectivity index (χ0v) is 11.5. The van der Waals surface area contributed by atoms with Crippen LogP contribution in [0.3, 0.4) is 0 Å². The van der Waals surface area contributed by atoms with Gasteiger partial charge in [0, 0.05) is 32.2 Å². The molecule has 108 valence electrons. The first-order valence-corrected chi connectivity index (χ1v) is 6.53. The van der Waals surface area contributed by atoms with Gasteiger partial charge in [-0.15, -0.1) is 0 Å². The van der Waals surface area contributed by atoms with E-state index < -0.39 is 16.9 Å². The highest BCUT2D eigenvalue weighted by Crippen LogP contribution is 2.26. The third-order valence-corrected chi connectivity index (χ3v) is 3.60. The van der Waals surface area contributed by atoms with E-state index in [4.69, 9.17) is 17.3 Å². The van der Waals surface area contributed by atoms with Gasteiger partial charge in [-0.1, -0.05) is 17.7 Å². The van der Waals surface area contributed by atoms with Crippen molar-refractivity contribution in [2.24, 2.45) is 5.73 Å². The molecule has 1 saturated heterocycles. The van der Waals surface area contributed by atoms with Crippen LogP contribution in [0.15, 0.2) is 18.2 Å². The lowest BCUT2D eigenvalue weighted by Gasteiger charge is -2.34. The van der Waals surface area contributed by atoms with Gasteiger partial charge in [-0.25, -0.2) is 0 Å². The summed E-state index contributed by atoms with van der Waals surface area (Å²) in [6, 6.07) is 4.24. The molecule has 0 saturated carbocycles. The number of benzene rings is 1. The molecule has 1 fully saturated rings. The van der Waals surface area contributed by atoms with Gasteiger partial charge in [-0.05, 0) is 11.6 Å². The van der Waals surface area contributed by atoms with E-state index in [-0.39, 0.29) is 10.7 Å². The van der Waals surface area contributed by atoms with E-state index in [1.165, 1.54) is 12.1 Å². The van der Waals surface area contributed by atoms with Gasteiger partial charge >= 0.3 is 0 Å². The van der Waals surface area contributed by atoms with E-state index in [1.54, 1.807) is 6.07 Å². The van der Waals surface area contributed by atoms with Crippen LogP contribution in [0, 0.1) is 10.1 Å². The fourth-order valence-corrected chi connectivity index (χ4v) is 2.43. The maximum absolute atomic E-state index is 11.4. The SMILES string of the molecule is NC(=O)C1CNCCN1Cc1ccc(Cl)c([N+](=O)[O-])c1. The minimum atomic E-state index is -0.519. The summed E-state index contributed by atoms with van der Waals surface area (Å²) in [6.07, 6.45) is 0. The van der Waals surface area contributed by atoms with Gasteiger partial charge in [0.05, 0.1) is 4.92 Å². The van der Waals surface area contributed by atoms with E-state index in [2.05, 4.69) is 5.32 Å². The lowest BCUT2D eigenvalue weighted by Crippen LogP contribution is -2.56. The van der Waals surface area contributed by atoms with Gasteiger partial charge in [-0.2, -0.15) is 0 Å².